The summed E-state index contributed by atoms with van der Waals surface area (Å²) in [4.78, 5) is 12.4. The van der Waals surface area contributed by atoms with Crippen molar-refractivity contribution < 1.29 is 14.6 Å². The molecular weight excluding hydrogens is 302 g/mol. The number of carbonyl (C=O) groups excluding carboxylic acids is 1. The lowest BCUT2D eigenvalue weighted by atomic mass is 9.71. The van der Waals surface area contributed by atoms with Crippen molar-refractivity contribution in [2.24, 2.45) is 17.8 Å². The molecule has 0 heterocycles. The molecule has 24 heavy (non-hydrogen) atoms. The van der Waals surface area contributed by atoms with Crippen LogP contribution in [0.2, 0.25) is 0 Å². The number of hydrogen-bond donors (Lipinski definition) is 2. The zero-order chi connectivity index (χ0) is 17.7. The molecule has 0 saturated heterocycles. The highest BCUT2D eigenvalue weighted by Crippen LogP contribution is 2.39. The van der Waals surface area contributed by atoms with Gasteiger partial charge < -0.3 is 15.2 Å². The Morgan fingerprint density at radius 1 is 1.42 bits per heavy atom. The molecule has 1 aromatic rings. The van der Waals surface area contributed by atoms with Crippen LogP contribution in [0.5, 0.6) is 11.5 Å². The van der Waals surface area contributed by atoms with Crippen molar-refractivity contribution in [3.8, 4) is 11.5 Å². The van der Waals surface area contributed by atoms with Crippen LogP contribution in [-0.4, -0.2) is 18.1 Å². The number of amides is 1. The molecule has 1 aliphatic carbocycles. The Kier molecular flexibility index (Phi) is 6.29. The number of aromatic hydroxyl groups is 1. The van der Waals surface area contributed by atoms with Gasteiger partial charge in [0, 0.05) is 13.0 Å². The molecule has 4 nitrogen and oxygen atoms in total. The summed E-state index contributed by atoms with van der Waals surface area (Å²) >= 11 is 0. The summed E-state index contributed by atoms with van der Waals surface area (Å²) in [6, 6.07) is 5.12. The average Bonchev–Trinajstić information content (AvgIpc) is 2.53. The third-order valence-corrected chi connectivity index (χ3v) is 5.06. The van der Waals surface area contributed by atoms with Gasteiger partial charge in [0.15, 0.2) is 11.5 Å². The lowest BCUT2D eigenvalue weighted by Crippen LogP contribution is -2.31. The number of rotatable bonds is 6. The molecule has 0 bridgehead atoms. The zero-order valence-electron chi connectivity index (χ0n) is 15.0. The van der Waals surface area contributed by atoms with Gasteiger partial charge in [0.05, 0.1) is 7.11 Å². The van der Waals surface area contributed by atoms with Crippen LogP contribution in [0.15, 0.2) is 30.4 Å². The molecule has 1 amide bonds. The summed E-state index contributed by atoms with van der Waals surface area (Å²) in [7, 11) is 1.51. The molecule has 1 saturated carbocycles. The van der Waals surface area contributed by atoms with Gasteiger partial charge >= 0.3 is 0 Å². The average molecular weight is 331 g/mol. The third-order valence-electron chi connectivity index (χ3n) is 5.06. The van der Waals surface area contributed by atoms with E-state index >= 15 is 0 Å². The van der Waals surface area contributed by atoms with Crippen LogP contribution >= 0.6 is 0 Å². The van der Waals surface area contributed by atoms with Gasteiger partial charge in [-0.1, -0.05) is 31.6 Å². The molecule has 1 aromatic carbocycles. The molecule has 3 unspecified atom stereocenters. The van der Waals surface area contributed by atoms with Crippen molar-refractivity contribution in [2.75, 3.05) is 7.11 Å². The number of phenolic OH excluding ortho intramolecular Hbond substituents is 1. The highest BCUT2D eigenvalue weighted by molar-refractivity contribution is 5.76. The van der Waals surface area contributed by atoms with Gasteiger partial charge in [-0.3, -0.25) is 4.79 Å². The Morgan fingerprint density at radius 3 is 2.83 bits per heavy atom. The van der Waals surface area contributed by atoms with E-state index in [1.807, 2.05) is 0 Å². The summed E-state index contributed by atoms with van der Waals surface area (Å²) < 4.78 is 5.09. The van der Waals surface area contributed by atoms with Crippen LogP contribution in [-0.2, 0) is 11.3 Å². The Balaban J connectivity index is 1.91. The van der Waals surface area contributed by atoms with E-state index in [2.05, 4.69) is 25.7 Å². The number of carbonyl (C=O) groups is 1. The van der Waals surface area contributed by atoms with Crippen LogP contribution in [0.1, 0.15) is 45.1 Å². The molecule has 1 fully saturated rings. The summed E-state index contributed by atoms with van der Waals surface area (Å²) in [6.45, 7) is 8.90. The monoisotopic (exact) mass is 331 g/mol. The Bertz CT molecular complexity index is 597. The Hall–Kier alpha value is -1.97. The number of phenols is 1. The van der Waals surface area contributed by atoms with E-state index in [4.69, 9.17) is 4.74 Å². The number of ether oxygens (including phenoxy) is 1. The predicted molar refractivity (Wildman–Crippen MR) is 95.9 cm³/mol. The second-order valence-corrected chi connectivity index (χ2v) is 7.12. The van der Waals surface area contributed by atoms with Gasteiger partial charge in [-0.2, -0.15) is 0 Å². The van der Waals surface area contributed by atoms with E-state index in [1.165, 1.54) is 19.1 Å². The van der Waals surface area contributed by atoms with Gasteiger partial charge in [0.25, 0.3) is 0 Å². The van der Waals surface area contributed by atoms with Gasteiger partial charge in [0.2, 0.25) is 5.91 Å². The second-order valence-electron chi connectivity index (χ2n) is 7.12. The van der Waals surface area contributed by atoms with Gasteiger partial charge in [-0.25, -0.2) is 0 Å². The molecular formula is C20H29NO3. The summed E-state index contributed by atoms with van der Waals surface area (Å²) in [5.41, 5.74) is 2.11. The molecule has 0 spiro atoms. The van der Waals surface area contributed by atoms with Crippen LogP contribution < -0.4 is 10.1 Å². The Labute approximate surface area is 144 Å². The standard InChI is InChI=1S/C20H29NO3/c1-13(2)17-7-5-14(3)9-16(17)11-20(23)21-12-15-6-8-18(22)19(10-15)24-4/h6,8,10,14,16-17,22H,1,5,7,9,11-12H2,2-4H3,(H,21,23). The smallest absolute Gasteiger partial charge is 0.220 e. The van der Waals surface area contributed by atoms with Crippen molar-refractivity contribution in [3.63, 3.8) is 0 Å². The van der Waals surface area contributed by atoms with Crippen molar-refractivity contribution >= 4 is 5.91 Å². The van der Waals surface area contributed by atoms with Crippen molar-refractivity contribution in [2.45, 2.75) is 46.1 Å². The molecule has 132 valence electrons. The first-order valence-electron chi connectivity index (χ1n) is 8.68. The lowest BCUT2D eigenvalue weighted by Gasteiger charge is -2.35. The fourth-order valence-corrected chi connectivity index (χ4v) is 3.72. The Morgan fingerprint density at radius 2 is 2.17 bits per heavy atom. The number of hydrogen-bond acceptors (Lipinski definition) is 3. The van der Waals surface area contributed by atoms with Crippen molar-refractivity contribution in [1.29, 1.82) is 0 Å². The van der Waals surface area contributed by atoms with Gasteiger partial charge in [-0.15, -0.1) is 0 Å². The quantitative estimate of drug-likeness (QED) is 0.774. The number of benzene rings is 1. The fourth-order valence-electron chi connectivity index (χ4n) is 3.72. The topological polar surface area (TPSA) is 58.6 Å². The molecule has 0 radical (unpaired) electrons. The normalized spacial score (nSPS) is 23.5. The first kappa shape index (κ1) is 18.4. The van der Waals surface area contributed by atoms with Crippen molar-refractivity contribution in [1.82, 2.24) is 5.32 Å². The highest BCUT2D eigenvalue weighted by atomic mass is 16.5. The van der Waals surface area contributed by atoms with Crippen LogP contribution in [0.4, 0.5) is 0 Å². The second kappa shape index (κ2) is 8.22. The first-order valence-corrected chi connectivity index (χ1v) is 8.68. The lowest BCUT2D eigenvalue weighted by molar-refractivity contribution is -0.122. The molecule has 0 aliphatic heterocycles. The largest absolute Gasteiger partial charge is 0.504 e. The summed E-state index contributed by atoms with van der Waals surface area (Å²) in [5.74, 6) is 2.13. The van der Waals surface area contributed by atoms with E-state index in [0.717, 1.165) is 18.4 Å². The minimum Gasteiger partial charge on any atom is -0.504 e. The number of allylic oxidation sites excluding steroid dienone is 1. The minimum atomic E-state index is 0.0763. The maximum Gasteiger partial charge on any atom is 0.220 e. The first-order chi connectivity index (χ1) is 11.4. The van der Waals surface area contributed by atoms with E-state index < -0.39 is 0 Å². The van der Waals surface area contributed by atoms with Gasteiger partial charge in [-0.05, 0) is 55.2 Å². The maximum atomic E-state index is 12.4. The molecule has 2 N–H and O–H groups in total. The number of methoxy groups -OCH3 is 1. The third kappa shape index (κ3) is 4.76. The molecule has 2 rings (SSSR count). The zero-order valence-corrected chi connectivity index (χ0v) is 15.0. The highest BCUT2D eigenvalue weighted by Gasteiger charge is 2.30. The molecule has 3 atom stereocenters. The van der Waals surface area contributed by atoms with Crippen LogP contribution in [0, 0.1) is 17.8 Å². The minimum absolute atomic E-state index is 0.0763. The van der Waals surface area contributed by atoms with Crippen molar-refractivity contribution in [3.05, 3.63) is 35.9 Å². The fraction of sp³-hybridized carbons (Fsp3) is 0.550. The van der Waals surface area contributed by atoms with Crippen LogP contribution in [0.25, 0.3) is 0 Å². The predicted octanol–water partition coefficient (Wildman–Crippen LogP) is 4.04. The van der Waals surface area contributed by atoms with E-state index in [1.54, 1.807) is 18.2 Å². The number of nitrogens with one attached hydrogen (secondary N) is 1. The SMILES string of the molecule is C=C(C)C1CCC(C)CC1CC(=O)NCc1ccc(O)c(OC)c1. The molecule has 1 aliphatic rings. The molecule has 0 aromatic heterocycles. The molecule has 4 heteroatoms. The van der Waals surface area contributed by atoms with Crippen LogP contribution in [0.3, 0.4) is 0 Å². The van der Waals surface area contributed by atoms with Gasteiger partial charge in [0.1, 0.15) is 0 Å². The maximum absolute atomic E-state index is 12.4. The van der Waals surface area contributed by atoms with E-state index in [0.29, 0.717) is 36.5 Å². The summed E-state index contributed by atoms with van der Waals surface area (Å²) in [6.07, 6.45) is 4.02. The summed E-state index contributed by atoms with van der Waals surface area (Å²) in [5, 5.41) is 12.6. The van der Waals surface area contributed by atoms with E-state index in [-0.39, 0.29) is 11.7 Å². The van der Waals surface area contributed by atoms with E-state index in [9.17, 15) is 9.90 Å².